The number of rotatable bonds is 4. The molecule has 4 rings (SSSR count). The molecule has 1 atom stereocenters. The van der Waals surface area contributed by atoms with E-state index in [-0.39, 0.29) is 22.7 Å². The van der Waals surface area contributed by atoms with Gasteiger partial charge in [-0.1, -0.05) is 29.8 Å². The molecular weight excluding hydrogens is 390 g/mol. The lowest BCUT2D eigenvalue weighted by Gasteiger charge is -2.13. The minimum absolute atomic E-state index is 0.0428. The minimum atomic E-state index is -4.49. The first kappa shape index (κ1) is 18.0. The summed E-state index contributed by atoms with van der Waals surface area (Å²) < 4.78 is 35.2. The molecule has 0 amide bonds. The molecule has 0 saturated carbocycles. The van der Waals surface area contributed by atoms with Gasteiger partial charge in [0.15, 0.2) is 0 Å². The Kier molecular flexibility index (Phi) is 4.04. The molecule has 3 N–H and O–H groups in total. The largest absolute Gasteiger partial charge is 0.357 e. The number of hydrogen-bond acceptors (Lipinski definition) is 4. The highest BCUT2D eigenvalue weighted by Crippen LogP contribution is 2.45. The Morgan fingerprint density at radius 1 is 1.19 bits per heavy atom. The molecule has 3 aromatic rings. The van der Waals surface area contributed by atoms with E-state index in [1.54, 1.807) is 17.7 Å². The van der Waals surface area contributed by atoms with Gasteiger partial charge in [0, 0.05) is 28.1 Å². The lowest BCUT2D eigenvalue weighted by molar-refractivity contribution is 0.0973. The predicted molar refractivity (Wildman–Crippen MR) is 105 cm³/mol. The van der Waals surface area contributed by atoms with Gasteiger partial charge in [-0.25, -0.2) is 0 Å². The first-order valence-electron chi connectivity index (χ1n) is 8.17. The van der Waals surface area contributed by atoms with E-state index in [1.165, 1.54) is 12.1 Å². The Hall–Kier alpha value is -2.39. The first-order chi connectivity index (χ1) is 12.7. The average Bonchev–Trinajstić information content (AvgIpc) is 3.07. The van der Waals surface area contributed by atoms with Gasteiger partial charge in [-0.15, -0.1) is 0 Å². The number of carbonyl (C=O) groups is 1. The average molecular weight is 406 g/mol. The Morgan fingerprint density at radius 3 is 2.48 bits per heavy atom. The van der Waals surface area contributed by atoms with Gasteiger partial charge in [0.2, 0.25) is 0 Å². The van der Waals surface area contributed by atoms with Crippen LogP contribution in [0.15, 0.2) is 36.4 Å². The van der Waals surface area contributed by atoms with Gasteiger partial charge in [0.25, 0.3) is 5.91 Å². The second-order valence-electron chi connectivity index (χ2n) is 6.39. The van der Waals surface area contributed by atoms with Crippen LogP contribution in [-0.2, 0) is 10.3 Å². The number of hydrogen-bond donors (Lipinski definition) is 3. The second-order valence-corrected chi connectivity index (χ2v) is 7.95. The molecule has 0 saturated heterocycles. The van der Waals surface area contributed by atoms with Crippen LogP contribution in [0.4, 0.5) is 5.69 Å². The topological polar surface area (TPSA) is 100 Å². The lowest BCUT2D eigenvalue weighted by atomic mass is 9.98. The molecule has 2 aromatic carbocycles. The third kappa shape index (κ3) is 2.72. The smallest absolute Gasteiger partial charge is 0.313 e. The van der Waals surface area contributed by atoms with Crippen LogP contribution in [-0.4, -0.2) is 30.5 Å². The van der Waals surface area contributed by atoms with Crippen molar-refractivity contribution < 1.29 is 17.8 Å². The summed E-state index contributed by atoms with van der Waals surface area (Å²) in [4.78, 5) is 13.0. The summed E-state index contributed by atoms with van der Waals surface area (Å²) in [5.74, 6) is -0.160. The van der Waals surface area contributed by atoms with Gasteiger partial charge < -0.3 is 5.32 Å². The van der Waals surface area contributed by atoms with E-state index < -0.39 is 10.3 Å². The molecular formula is C18H16ClN3O4S. The van der Waals surface area contributed by atoms with Crippen LogP contribution in [0.3, 0.4) is 0 Å². The van der Waals surface area contributed by atoms with E-state index in [2.05, 4.69) is 5.32 Å². The minimum Gasteiger partial charge on any atom is -0.313 e. The van der Waals surface area contributed by atoms with Crippen molar-refractivity contribution in [3.63, 3.8) is 0 Å². The van der Waals surface area contributed by atoms with Crippen molar-refractivity contribution in [1.82, 2.24) is 9.88 Å². The van der Waals surface area contributed by atoms with Crippen molar-refractivity contribution in [2.45, 2.75) is 13.0 Å². The molecule has 1 aliphatic rings. The maximum atomic E-state index is 13.0. The highest BCUT2D eigenvalue weighted by molar-refractivity contribution is 7.87. The third-order valence-corrected chi connectivity index (χ3v) is 5.61. The van der Waals surface area contributed by atoms with Crippen molar-refractivity contribution in [2.75, 3.05) is 11.8 Å². The molecule has 7 nitrogen and oxygen atoms in total. The summed E-state index contributed by atoms with van der Waals surface area (Å²) in [6.07, 6.45) is 0. The van der Waals surface area contributed by atoms with Gasteiger partial charge in [0.05, 0.1) is 21.9 Å². The molecule has 0 fully saturated rings. The summed E-state index contributed by atoms with van der Waals surface area (Å²) in [6, 6.07) is 10.3. The predicted octanol–water partition coefficient (Wildman–Crippen LogP) is 3.46. The zero-order valence-corrected chi connectivity index (χ0v) is 16.0. The second kappa shape index (κ2) is 6.07. The molecule has 0 radical (unpaired) electrons. The van der Waals surface area contributed by atoms with E-state index in [4.69, 9.17) is 16.2 Å². The highest BCUT2D eigenvalue weighted by atomic mass is 35.5. The number of fused-ring (bicyclic) bond motifs is 5. The maximum absolute atomic E-state index is 13.0. The highest BCUT2D eigenvalue weighted by Gasteiger charge is 2.34. The van der Waals surface area contributed by atoms with Gasteiger partial charge in [-0.2, -0.15) is 8.42 Å². The summed E-state index contributed by atoms with van der Waals surface area (Å²) in [5, 5.41) is 3.92. The standard InChI is InChI=1S/C18H16ClN3O4S/c1-9(20-2)16-12-7-14(21-27(24,25)26)13(19)8-15(12)22-17(16)10-5-3-4-6-11(10)18(22)23/h3-9,20-21H,1-2H3,(H,24,25,26). The molecule has 1 aromatic heterocycles. The van der Waals surface area contributed by atoms with Gasteiger partial charge in [-0.05, 0) is 32.2 Å². The van der Waals surface area contributed by atoms with Gasteiger partial charge in [-0.3, -0.25) is 18.6 Å². The van der Waals surface area contributed by atoms with E-state index in [0.29, 0.717) is 16.5 Å². The van der Waals surface area contributed by atoms with Crippen molar-refractivity contribution >= 4 is 44.4 Å². The first-order valence-corrected chi connectivity index (χ1v) is 9.99. The van der Waals surface area contributed by atoms with Crippen LogP contribution in [0, 0.1) is 0 Å². The van der Waals surface area contributed by atoms with Crippen molar-refractivity contribution in [2.24, 2.45) is 0 Å². The van der Waals surface area contributed by atoms with Crippen molar-refractivity contribution in [3.8, 4) is 11.3 Å². The number of halogens is 1. The van der Waals surface area contributed by atoms with Crippen LogP contribution in [0.1, 0.15) is 28.9 Å². The van der Waals surface area contributed by atoms with Crippen molar-refractivity contribution in [1.29, 1.82) is 0 Å². The Balaban J connectivity index is 2.10. The Morgan fingerprint density at radius 2 is 1.85 bits per heavy atom. The number of aromatic nitrogens is 1. The third-order valence-electron chi connectivity index (χ3n) is 4.82. The van der Waals surface area contributed by atoms with E-state index >= 15 is 0 Å². The van der Waals surface area contributed by atoms with Crippen LogP contribution < -0.4 is 10.0 Å². The number of benzene rings is 2. The monoisotopic (exact) mass is 405 g/mol. The molecule has 9 heteroatoms. The lowest BCUT2D eigenvalue weighted by Crippen LogP contribution is -2.13. The molecule has 0 aliphatic carbocycles. The summed E-state index contributed by atoms with van der Waals surface area (Å²) in [7, 11) is -2.68. The van der Waals surface area contributed by atoms with E-state index in [0.717, 1.165) is 16.8 Å². The summed E-state index contributed by atoms with van der Waals surface area (Å²) in [6.45, 7) is 1.95. The quantitative estimate of drug-likeness (QED) is 0.451. The fraction of sp³-hybridized carbons (Fsp3) is 0.167. The van der Waals surface area contributed by atoms with E-state index in [9.17, 15) is 13.2 Å². The number of carbonyl (C=O) groups excluding carboxylic acids is 1. The maximum Gasteiger partial charge on any atom is 0.357 e. The normalized spacial score (nSPS) is 14.3. The molecule has 0 spiro atoms. The van der Waals surface area contributed by atoms with E-state index in [1.807, 2.05) is 29.8 Å². The van der Waals surface area contributed by atoms with Gasteiger partial charge in [0.1, 0.15) is 0 Å². The molecule has 1 unspecified atom stereocenters. The Labute approximate surface area is 160 Å². The van der Waals surface area contributed by atoms with Crippen LogP contribution in [0.5, 0.6) is 0 Å². The summed E-state index contributed by atoms with van der Waals surface area (Å²) >= 11 is 6.21. The molecule has 27 heavy (non-hydrogen) atoms. The van der Waals surface area contributed by atoms with Crippen LogP contribution in [0.25, 0.3) is 22.2 Å². The Bertz CT molecular complexity index is 1220. The molecule has 2 heterocycles. The molecule has 140 valence electrons. The SMILES string of the molecule is CNC(C)c1c2n(c3cc(Cl)c(NS(=O)(=O)O)cc13)C(=O)c1ccccc1-2. The van der Waals surface area contributed by atoms with Crippen molar-refractivity contribution in [3.05, 3.63) is 52.5 Å². The summed E-state index contributed by atoms with van der Waals surface area (Å²) in [5.41, 5.74) is 3.65. The number of anilines is 1. The number of nitrogens with zero attached hydrogens (tertiary/aromatic N) is 1. The number of nitrogens with one attached hydrogen (secondary N) is 2. The fourth-order valence-corrected chi connectivity index (χ4v) is 4.31. The van der Waals surface area contributed by atoms with Gasteiger partial charge >= 0.3 is 10.3 Å². The molecule has 1 aliphatic heterocycles. The zero-order chi connectivity index (χ0) is 19.5. The van der Waals surface area contributed by atoms with Crippen LogP contribution in [0.2, 0.25) is 5.02 Å². The zero-order valence-electron chi connectivity index (χ0n) is 14.4. The molecule has 0 bridgehead atoms. The van der Waals surface area contributed by atoms with Crippen LogP contribution >= 0.6 is 11.6 Å². The fourth-order valence-electron chi connectivity index (χ4n) is 3.60.